The van der Waals surface area contributed by atoms with Gasteiger partial charge in [0.25, 0.3) is 0 Å². The molecule has 3 heteroatoms. The van der Waals surface area contributed by atoms with Crippen LogP contribution in [0.25, 0.3) is 0 Å². The number of hydrogen-bond acceptors (Lipinski definition) is 3. The summed E-state index contributed by atoms with van der Waals surface area (Å²) in [5, 5.41) is 3.09. The smallest absolute Gasteiger partial charge is 0.177 e. The third-order valence-corrected chi connectivity index (χ3v) is 3.11. The van der Waals surface area contributed by atoms with E-state index in [4.69, 9.17) is 0 Å². The van der Waals surface area contributed by atoms with E-state index >= 15 is 0 Å². The molecule has 0 heterocycles. The third-order valence-electron chi connectivity index (χ3n) is 3.11. The second kappa shape index (κ2) is 6.66. The van der Waals surface area contributed by atoms with Crippen molar-refractivity contribution in [2.45, 2.75) is 20.8 Å². The molecule has 0 aliphatic carbocycles. The fourth-order valence-electron chi connectivity index (χ4n) is 2.33. The van der Waals surface area contributed by atoms with Crippen LogP contribution in [-0.4, -0.2) is 44.4 Å². The van der Waals surface area contributed by atoms with Crippen molar-refractivity contribution in [2.24, 2.45) is 0 Å². The van der Waals surface area contributed by atoms with Crippen LogP contribution in [-0.2, 0) is 0 Å². The number of likely N-dealkylation sites (N-methyl/N-ethyl adjacent to an activating group) is 2. The molecular formula is C15H24N2O. The Morgan fingerprint density at radius 3 is 2.28 bits per heavy atom. The van der Waals surface area contributed by atoms with Crippen molar-refractivity contribution >= 4 is 5.78 Å². The Bertz CT molecular complexity index is 403. The van der Waals surface area contributed by atoms with Crippen molar-refractivity contribution < 1.29 is 4.79 Å². The summed E-state index contributed by atoms with van der Waals surface area (Å²) in [5.74, 6) is 0.212. The van der Waals surface area contributed by atoms with Gasteiger partial charge in [0.2, 0.25) is 0 Å². The van der Waals surface area contributed by atoms with E-state index in [-0.39, 0.29) is 5.78 Å². The number of hydrogen-bond donors (Lipinski definition) is 1. The number of nitrogens with one attached hydrogen (secondary N) is 1. The predicted octanol–water partition coefficient (Wildman–Crippen LogP) is 1.95. The summed E-state index contributed by atoms with van der Waals surface area (Å²) in [4.78, 5) is 14.4. The highest BCUT2D eigenvalue weighted by Gasteiger charge is 2.14. The molecule has 0 fully saturated rings. The fourth-order valence-corrected chi connectivity index (χ4v) is 2.33. The minimum Gasteiger partial charge on any atom is -0.318 e. The van der Waals surface area contributed by atoms with E-state index in [0.29, 0.717) is 6.54 Å². The minimum absolute atomic E-state index is 0.212. The Morgan fingerprint density at radius 2 is 1.78 bits per heavy atom. The lowest BCUT2D eigenvalue weighted by Gasteiger charge is -2.17. The lowest BCUT2D eigenvalue weighted by molar-refractivity contribution is 0.0946. The first kappa shape index (κ1) is 14.9. The molecule has 0 radical (unpaired) electrons. The molecule has 0 saturated carbocycles. The van der Waals surface area contributed by atoms with E-state index < -0.39 is 0 Å². The van der Waals surface area contributed by atoms with Crippen LogP contribution in [0.1, 0.15) is 27.0 Å². The Balaban J connectivity index is 2.78. The molecule has 3 nitrogen and oxygen atoms in total. The minimum atomic E-state index is 0.212. The SMILES string of the molecule is CNCCN(C)CC(=O)c1c(C)cc(C)cc1C. The van der Waals surface area contributed by atoms with Gasteiger partial charge < -0.3 is 5.32 Å². The van der Waals surface area contributed by atoms with Crippen LogP contribution in [0.3, 0.4) is 0 Å². The van der Waals surface area contributed by atoms with Crippen molar-refractivity contribution in [1.82, 2.24) is 10.2 Å². The number of carbonyl (C=O) groups is 1. The topological polar surface area (TPSA) is 32.3 Å². The average Bonchev–Trinajstić information content (AvgIpc) is 2.24. The largest absolute Gasteiger partial charge is 0.318 e. The fraction of sp³-hybridized carbons (Fsp3) is 0.533. The van der Waals surface area contributed by atoms with Crippen LogP contribution in [0.4, 0.5) is 0 Å². The number of nitrogens with zero attached hydrogens (tertiary/aromatic N) is 1. The van der Waals surface area contributed by atoms with Crippen LogP contribution < -0.4 is 5.32 Å². The summed E-state index contributed by atoms with van der Waals surface area (Å²) in [6.07, 6.45) is 0. The highest BCUT2D eigenvalue weighted by molar-refractivity contribution is 6.00. The van der Waals surface area contributed by atoms with Crippen molar-refractivity contribution in [3.63, 3.8) is 0 Å². The molecule has 0 aliphatic rings. The summed E-state index contributed by atoms with van der Waals surface area (Å²) < 4.78 is 0. The highest BCUT2D eigenvalue weighted by atomic mass is 16.1. The van der Waals surface area contributed by atoms with Gasteiger partial charge in [0, 0.05) is 18.7 Å². The average molecular weight is 248 g/mol. The third kappa shape index (κ3) is 3.93. The summed E-state index contributed by atoms with van der Waals surface area (Å²) in [6.45, 7) is 8.35. The number of ketones is 1. The number of aryl methyl sites for hydroxylation is 3. The van der Waals surface area contributed by atoms with Gasteiger partial charge in [-0.3, -0.25) is 9.69 Å². The van der Waals surface area contributed by atoms with E-state index in [2.05, 4.69) is 29.3 Å². The van der Waals surface area contributed by atoms with Gasteiger partial charge in [-0.1, -0.05) is 17.7 Å². The van der Waals surface area contributed by atoms with E-state index in [1.807, 2.05) is 27.9 Å². The van der Waals surface area contributed by atoms with Crippen LogP contribution in [0.15, 0.2) is 12.1 Å². The molecule has 0 bridgehead atoms. The van der Waals surface area contributed by atoms with Gasteiger partial charge in [0.1, 0.15) is 0 Å². The van der Waals surface area contributed by atoms with Crippen molar-refractivity contribution in [3.8, 4) is 0 Å². The number of rotatable bonds is 6. The second-order valence-corrected chi connectivity index (χ2v) is 5.04. The Hall–Kier alpha value is -1.19. The summed E-state index contributed by atoms with van der Waals surface area (Å²) >= 11 is 0. The molecule has 100 valence electrons. The summed E-state index contributed by atoms with van der Waals surface area (Å²) in [5.41, 5.74) is 4.26. The molecule has 0 aliphatic heterocycles. The quantitative estimate of drug-likeness (QED) is 0.781. The van der Waals surface area contributed by atoms with Crippen LogP contribution in [0.5, 0.6) is 0 Å². The van der Waals surface area contributed by atoms with E-state index in [0.717, 1.165) is 29.8 Å². The normalized spacial score (nSPS) is 11.0. The van der Waals surface area contributed by atoms with Gasteiger partial charge in [0.05, 0.1) is 6.54 Å². The standard InChI is InChI=1S/C15H24N2O/c1-11-8-12(2)15(13(3)9-11)14(18)10-17(5)7-6-16-4/h8-9,16H,6-7,10H2,1-5H3. The van der Waals surface area contributed by atoms with Crippen molar-refractivity contribution in [3.05, 3.63) is 34.4 Å². The molecule has 1 rings (SSSR count). The van der Waals surface area contributed by atoms with Gasteiger partial charge in [-0.25, -0.2) is 0 Å². The maximum absolute atomic E-state index is 12.3. The van der Waals surface area contributed by atoms with Crippen LogP contribution in [0.2, 0.25) is 0 Å². The molecule has 0 unspecified atom stereocenters. The molecule has 0 aromatic heterocycles. The van der Waals surface area contributed by atoms with Crippen LogP contribution in [0, 0.1) is 20.8 Å². The van der Waals surface area contributed by atoms with E-state index in [1.54, 1.807) is 0 Å². The predicted molar refractivity (Wildman–Crippen MR) is 76.4 cm³/mol. The van der Waals surface area contributed by atoms with Crippen molar-refractivity contribution in [1.29, 1.82) is 0 Å². The van der Waals surface area contributed by atoms with Gasteiger partial charge in [-0.05, 0) is 46.0 Å². The number of Topliss-reactive ketones (excluding diaryl/α,β-unsaturated/α-hetero) is 1. The van der Waals surface area contributed by atoms with Crippen LogP contribution >= 0.6 is 0 Å². The van der Waals surface area contributed by atoms with Gasteiger partial charge in [-0.2, -0.15) is 0 Å². The molecule has 0 spiro atoms. The lowest BCUT2D eigenvalue weighted by atomic mass is 9.96. The van der Waals surface area contributed by atoms with E-state index in [1.165, 1.54) is 5.56 Å². The molecular weight excluding hydrogens is 224 g/mol. The first-order chi connectivity index (χ1) is 8.45. The Labute approximate surface area is 110 Å². The lowest BCUT2D eigenvalue weighted by Crippen LogP contribution is -2.32. The zero-order valence-corrected chi connectivity index (χ0v) is 12.1. The summed E-state index contributed by atoms with van der Waals surface area (Å²) in [7, 11) is 3.90. The molecule has 1 aromatic rings. The molecule has 0 saturated heterocycles. The zero-order chi connectivity index (χ0) is 13.7. The van der Waals surface area contributed by atoms with Gasteiger partial charge in [0.15, 0.2) is 5.78 Å². The maximum atomic E-state index is 12.3. The molecule has 1 N–H and O–H groups in total. The van der Waals surface area contributed by atoms with Gasteiger partial charge in [-0.15, -0.1) is 0 Å². The molecule has 0 amide bonds. The molecule has 0 atom stereocenters. The highest BCUT2D eigenvalue weighted by Crippen LogP contribution is 2.17. The maximum Gasteiger partial charge on any atom is 0.177 e. The molecule has 18 heavy (non-hydrogen) atoms. The number of benzene rings is 1. The first-order valence-corrected chi connectivity index (χ1v) is 6.40. The monoisotopic (exact) mass is 248 g/mol. The molecule has 1 aromatic carbocycles. The Morgan fingerprint density at radius 1 is 1.22 bits per heavy atom. The second-order valence-electron chi connectivity index (χ2n) is 5.04. The number of carbonyl (C=O) groups excluding carboxylic acids is 1. The Kier molecular flexibility index (Phi) is 5.51. The van der Waals surface area contributed by atoms with E-state index in [9.17, 15) is 4.79 Å². The zero-order valence-electron chi connectivity index (χ0n) is 12.1. The summed E-state index contributed by atoms with van der Waals surface area (Å²) in [6, 6.07) is 4.15. The van der Waals surface area contributed by atoms with Gasteiger partial charge >= 0.3 is 0 Å². The first-order valence-electron chi connectivity index (χ1n) is 6.40. The van der Waals surface area contributed by atoms with Crippen molar-refractivity contribution in [2.75, 3.05) is 33.7 Å².